The van der Waals surface area contributed by atoms with E-state index in [0.717, 1.165) is 0 Å². The van der Waals surface area contributed by atoms with E-state index in [1.807, 2.05) is 11.9 Å². The molecule has 0 saturated carbocycles. The number of nitrogens with zero attached hydrogens (tertiary/aromatic N) is 2. The predicted molar refractivity (Wildman–Crippen MR) is 46.7 cm³/mol. The average Bonchev–Trinajstić information content (AvgIpc) is 2.30. The van der Waals surface area contributed by atoms with E-state index in [9.17, 15) is 0 Å². The highest BCUT2D eigenvalue weighted by molar-refractivity contribution is 7.80. The Kier molecular flexibility index (Phi) is 3.72. The van der Waals surface area contributed by atoms with E-state index in [1.54, 1.807) is 5.01 Å². The number of nitrogens with one attached hydrogen (secondary N) is 1. The van der Waals surface area contributed by atoms with Gasteiger partial charge in [-0.1, -0.05) is 0 Å². The molecule has 1 fully saturated rings. The molecule has 1 aliphatic rings. The molecule has 0 aromatic rings. The van der Waals surface area contributed by atoms with Gasteiger partial charge in [-0.2, -0.15) is 0 Å². The van der Waals surface area contributed by atoms with Gasteiger partial charge in [0.25, 0.3) is 0 Å². The van der Waals surface area contributed by atoms with Gasteiger partial charge in [-0.15, -0.1) is 12.6 Å². The highest BCUT2D eigenvalue weighted by Gasteiger charge is 2.31. The summed E-state index contributed by atoms with van der Waals surface area (Å²) in [6.45, 7) is 2.73. The molecule has 1 heterocycles. The Hall–Kier alpha value is 0.110. The highest BCUT2D eigenvalue weighted by atomic mass is 32.1. The van der Waals surface area contributed by atoms with Crippen LogP contribution in [-0.2, 0) is 4.89 Å². The first kappa shape index (κ1) is 10.2. The largest absolute Gasteiger partial charge is 0.265 e. The van der Waals surface area contributed by atoms with Gasteiger partial charge < -0.3 is 0 Å². The van der Waals surface area contributed by atoms with Crippen molar-refractivity contribution in [3.05, 3.63) is 0 Å². The summed E-state index contributed by atoms with van der Waals surface area (Å²) in [6.07, 6.45) is 0.0441. The lowest BCUT2D eigenvalue weighted by Gasteiger charge is -2.21. The van der Waals surface area contributed by atoms with Crippen molar-refractivity contribution in [3.63, 3.8) is 0 Å². The molecule has 6 nitrogen and oxygen atoms in total. The average molecular weight is 194 g/mol. The minimum Gasteiger partial charge on any atom is -0.265 e. The minimum atomic E-state index is -0.182. The molecule has 7 heteroatoms. The van der Waals surface area contributed by atoms with Crippen molar-refractivity contribution in [2.45, 2.75) is 18.6 Å². The third kappa shape index (κ3) is 2.07. The van der Waals surface area contributed by atoms with Gasteiger partial charge in [0.2, 0.25) is 0 Å². The Morgan fingerprint density at radius 2 is 2.42 bits per heavy atom. The lowest BCUT2D eigenvalue weighted by Crippen LogP contribution is -2.43. The van der Waals surface area contributed by atoms with Gasteiger partial charge in [0, 0.05) is 6.54 Å². The quantitative estimate of drug-likeness (QED) is 0.200. The van der Waals surface area contributed by atoms with Gasteiger partial charge in [-0.3, -0.25) is 11.1 Å². The van der Waals surface area contributed by atoms with Crippen LogP contribution in [0.1, 0.15) is 6.92 Å². The molecule has 1 rings (SSSR count). The van der Waals surface area contributed by atoms with E-state index in [2.05, 4.69) is 22.9 Å². The topological polar surface area (TPSA) is 74.0 Å². The number of hydrogen-bond acceptors (Lipinski definition) is 7. The first-order chi connectivity index (χ1) is 5.66. The zero-order valence-corrected chi connectivity index (χ0v) is 7.74. The Balaban J connectivity index is 2.36. The standard InChI is InChI=1S/C5H14N4O2S/c1-4-8(2-3-11-10)7-5(12)9(4)6/h4-5,7,10,12H,2-3,6H2,1H3. The molecule has 0 amide bonds. The van der Waals surface area contributed by atoms with Gasteiger partial charge >= 0.3 is 0 Å². The van der Waals surface area contributed by atoms with Crippen molar-refractivity contribution >= 4 is 12.6 Å². The van der Waals surface area contributed by atoms with E-state index in [0.29, 0.717) is 6.54 Å². The second-order valence-corrected chi connectivity index (χ2v) is 3.10. The Morgan fingerprint density at radius 3 is 2.83 bits per heavy atom. The summed E-state index contributed by atoms with van der Waals surface area (Å²) in [4.78, 5) is 3.96. The molecule has 1 aliphatic heterocycles. The summed E-state index contributed by atoms with van der Waals surface area (Å²) in [7, 11) is 0. The molecule has 0 spiro atoms. The molecule has 72 valence electrons. The van der Waals surface area contributed by atoms with Crippen molar-refractivity contribution in [1.82, 2.24) is 15.4 Å². The van der Waals surface area contributed by atoms with E-state index < -0.39 is 0 Å². The SMILES string of the molecule is CC1N(CCOO)NC(S)N1N. The number of hydrogen-bond donors (Lipinski definition) is 4. The molecular formula is C5H14N4O2S. The number of thiol groups is 1. The van der Waals surface area contributed by atoms with Crippen molar-refractivity contribution in [3.8, 4) is 0 Å². The van der Waals surface area contributed by atoms with Gasteiger partial charge in [0.05, 0.1) is 12.8 Å². The Bertz CT molecular complexity index is 149. The molecule has 0 aromatic heterocycles. The van der Waals surface area contributed by atoms with Crippen LogP contribution in [0.3, 0.4) is 0 Å². The maximum atomic E-state index is 8.13. The summed E-state index contributed by atoms with van der Waals surface area (Å²) < 4.78 is 0. The van der Waals surface area contributed by atoms with Crippen LogP contribution in [-0.4, -0.2) is 40.1 Å². The summed E-state index contributed by atoms with van der Waals surface area (Å²) in [5, 5.41) is 11.5. The molecule has 1 saturated heterocycles. The van der Waals surface area contributed by atoms with E-state index in [4.69, 9.17) is 11.1 Å². The van der Waals surface area contributed by atoms with Crippen LogP contribution in [0, 0.1) is 0 Å². The van der Waals surface area contributed by atoms with Gasteiger partial charge in [-0.05, 0) is 6.92 Å². The molecule has 0 aliphatic carbocycles. The summed E-state index contributed by atoms with van der Waals surface area (Å²) in [5.74, 6) is 5.63. The van der Waals surface area contributed by atoms with Crippen LogP contribution >= 0.6 is 12.6 Å². The van der Waals surface area contributed by atoms with E-state index >= 15 is 0 Å². The zero-order chi connectivity index (χ0) is 9.14. The fourth-order valence-corrected chi connectivity index (χ4v) is 1.42. The van der Waals surface area contributed by atoms with Crippen molar-refractivity contribution in [2.75, 3.05) is 13.2 Å². The fourth-order valence-electron chi connectivity index (χ4n) is 1.08. The maximum Gasteiger partial charge on any atom is 0.132 e. The lowest BCUT2D eigenvalue weighted by molar-refractivity contribution is -0.245. The summed E-state index contributed by atoms with van der Waals surface area (Å²) in [5.41, 5.74) is 2.81. The normalized spacial score (nSPS) is 33.0. The molecule has 12 heavy (non-hydrogen) atoms. The monoisotopic (exact) mass is 194 g/mol. The van der Waals surface area contributed by atoms with Crippen LogP contribution in [0.5, 0.6) is 0 Å². The van der Waals surface area contributed by atoms with Crippen LogP contribution in [0.4, 0.5) is 0 Å². The number of rotatable bonds is 3. The van der Waals surface area contributed by atoms with E-state index in [-0.39, 0.29) is 18.3 Å². The summed E-state index contributed by atoms with van der Waals surface area (Å²) >= 11 is 4.17. The third-order valence-corrected chi connectivity index (χ3v) is 2.25. The van der Waals surface area contributed by atoms with E-state index in [1.165, 1.54) is 0 Å². The first-order valence-corrected chi connectivity index (χ1v) is 4.18. The fraction of sp³-hybridized carbons (Fsp3) is 1.00. The first-order valence-electron chi connectivity index (χ1n) is 3.67. The number of nitrogens with two attached hydrogens (primary N) is 1. The smallest absolute Gasteiger partial charge is 0.132 e. The Morgan fingerprint density at radius 1 is 1.75 bits per heavy atom. The van der Waals surface area contributed by atoms with Crippen molar-refractivity contribution < 1.29 is 10.1 Å². The van der Waals surface area contributed by atoms with Crippen LogP contribution < -0.4 is 11.3 Å². The highest BCUT2D eigenvalue weighted by Crippen LogP contribution is 2.12. The molecule has 0 bridgehead atoms. The van der Waals surface area contributed by atoms with Crippen LogP contribution in [0.2, 0.25) is 0 Å². The molecular weight excluding hydrogens is 180 g/mol. The minimum absolute atomic E-state index is 0.0441. The van der Waals surface area contributed by atoms with Gasteiger partial charge in [0.15, 0.2) is 0 Å². The van der Waals surface area contributed by atoms with Crippen molar-refractivity contribution in [1.29, 1.82) is 0 Å². The lowest BCUT2D eigenvalue weighted by atomic mass is 10.5. The second-order valence-electron chi connectivity index (χ2n) is 2.61. The zero-order valence-electron chi connectivity index (χ0n) is 6.84. The van der Waals surface area contributed by atoms with Crippen molar-refractivity contribution in [2.24, 2.45) is 5.84 Å². The maximum absolute atomic E-state index is 8.13. The summed E-state index contributed by atoms with van der Waals surface area (Å²) in [6, 6.07) is 0. The van der Waals surface area contributed by atoms with Crippen LogP contribution in [0.15, 0.2) is 0 Å². The molecule has 0 aromatic carbocycles. The number of hydrazine groups is 2. The third-order valence-electron chi connectivity index (χ3n) is 1.87. The molecule has 0 radical (unpaired) electrons. The molecule has 2 unspecified atom stereocenters. The Labute approximate surface area is 76.5 Å². The second kappa shape index (κ2) is 4.38. The molecule has 2 atom stereocenters. The van der Waals surface area contributed by atoms with Crippen LogP contribution in [0.25, 0.3) is 0 Å². The molecule has 4 N–H and O–H groups in total. The van der Waals surface area contributed by atoms with Gasteiger partial charge in [-0.25, -0.2) is 20.3 Å². The predicted octanol–water partition coefficient (Wildman–Crippen LogP) is -0.969. The van der Waals surface area contributed by atoms with Gasteiger partial charge in [0.1, 0.15) is 5.50 Å².